The molecule has 0 aliphatic rings. The molecule has 0 radical (unpaired) electrons. The Morgan fingerprint density at radius 1 is 1.27 bits per heavy atom. The second kappa shape index (κ2) is 5.26. The van der Waals surface area contributed by atoms with Gasteiger partial charge in [0.05, 0.1) is 18.4 Å². The monoisotopic (exact) mass is 291 g/mol. The van der Waals surface area contributed by atoms with E-state index in [4.69, 9.17) is 10.5 Å². The van der Waals surface area contributed by atoms with Crippen LogP contribution in [0.3, 0.4) is 0 Å². The minimum absolute atomic E-state index is 0.187. The normalized spacial score (nSPS) is 10.4. The van der Waals surface area contributed by atoms with Crippen LogP contribution in [-0.4, -0.2) is 17.3 Å². The number of pyridine rings is 1. The maximum absolute atomic E-state index is 12.8. The van der Waals surface area contributed by atoms with E-state index in [1.165, 1.54) is 0 Å². The van der Waals surface area contributed by atoms with Gasteiger partial charge in [-0.1, -0.05) is 0 Å². The molecule has 2 aromatic heterocycles. The summed E-state index contributed by atoms with van der Waals surface area (Å²) in [5.74, 6) is 0.430. The number of nitriles is 1. The minimum Gasteiger partial charge on any atom is -0.497 e. The molecule has 3 rings (SSSR count). The molecule has 0 unspecified atom stereocenters. The van der Waals surface area contributed by atoms with Crippen molar-refractivity contribution in [2.75, 3.05) is 12.8 Å². The van der Waals surface area contributed by atoms with Crippen molar-refractivity contribution < 1.29 is 9.53 Å². The van der Waals surface area contributed by atoms with E-state index >= 15 is 0 Å². The molecule has 5 nitrogen and oxygen atoms in total. The molecule has 108 valence electrons. The third-order valence-corrected chi connectivity index (χ3v) is 3.55. The highest BCUT2D eigenvalue weighted by Crippen LogP contribution is 2.24. The number of hydrogen-bond acceptors (Lipinski definition) is 4. The van der Waals surface area contributed by atoms with Crippen LogP contribution in [0.25, 0.3) is 5.52 Å². The van der Waals surface area contributed by atoms with E-state index < -0.39 is 0 Å². The summed E-state index contributed by atoms with van der Waals surface area (Å²) in [6, 6.07) is 14.1. The Bertz CT molecular complexity index is 902. The minimum atomic E-state index is -0.238. The topological polar surface area (TPSA) is 80.5 Å². The Morgan fingerprint density at radius 2 is 2.00 bits per heavy atom. The fourth-order valence-corrected chi connectivity index (χ4v) is 2.40. The summed E-state index contributed by atoms with van der Waals surface area (Å²) in [6.07, 6.45) is 1.75. The number of carbonyl (C=O) groups excluding carboxylic acids is 1. The van der Waals surface area contributed by atoms with Crippen LogP contribution in [0.15, 0.2) is 48.7 Å². The molecular weight excluding hydrogens is 278 g/mol. The number of rotatable bonds is 3. The van der Waals surface area contributed by atoms with Gasteiger partial charge < -0.3 is 14.9 Å². The Hall–Kier alpha value is -3.26. The number of ether oxygens (including phenoxy) is 1. The van der Waals surface area contributed by atoms with Crippen LogP contribution < -0.4 is 10.5 Å². The van der Waals surface area contributed by atoms with Crippen LogP contribution in [0.5, 0.6) is 5.75 Å². The van der Waals surface area contributed by atoms with E-state index in [1.807, 2.05) is 12.1 Å². The van der Waals surface area contributed by atoms with Crippen LogP contribution in [0, 0.1) is 11.3 Å². The Morgan fingerprint density at radius 3 is 2.64 bits per heavy atom. The number of anilines is 1. The molecule has 0 amide bonds. The number of nitrogens with zero attached hydrogens (tertiary/aromatic N) is 2. The number of carbonyl (C=O) groups is 1. The predicted octanol–water partition coefficient (Wildman–Crippen LogP) is 2.63. The molecule has 0 saturated heterocycles. The highest BCUT2D eigenvalue weighted by molar-refractivity contribution is 6.12. The first-order valence-corrected chi connectivity index (χ1v) is 6.64. The molecule has 0 atom stereocenters. The van der Waals surface area contributed by atoms with Crippen LogP contribution in [-0.2, 0) is 0 Å². The molecule has 22 heavy (non-hydrogen) atoms. The second-order valence-electron chi connectivity index (χ2n) is 4.79. The van der Waals surface area contributed by atoms with Gasteiger partial charge in [-0.05, 0) is 42.5 Å². The average molecular weight is 291 g/mol. The number of ketones is 1. The molecule has 2 N–H and O–H groups in total. The summed E-state index contributed by atoms with van der Waals surface area (Å²) >= 11 is 0. The van der Waals surface area contributed by atoms with Crippen molar-refractivity contribution in [2.45, 2.75) is 0 Å². The average Bonchev–Trinajstić information content (AvgIpc) is 3.01. The fourth-order valence-electron chi connectivity index (χ4n) is 2.40. The molecular formula is C17H13N3O2. The Labute approximate surface area is 127 Å². The van der Waals surface area contributed by atoms with Crippen molar-refractivity contribution in [1.29, 1.82) is 5.26 Å². The molecule has 2 heterocycles. The first-order chi connectivity index (χ1) is 10.7. The van der Waals surface area contributed by atoms with Gasteiger partial charge in [0, 0.05) is 17.3 Å². The summed E-state index contributed by atoms with van der Waals surface area (Å²) in [6.45, 7) is 0. The Balaban J connectivity index is 2.19. The summed E-state index contributed by atoms with van der Waals surface area (Å²) < 4.78 is 6.79. The van der Waals surface area contributed by atoms with Gasteiger partial charge in [0.25, 0.3) is 0 Å². The molecule has 0 bridgehead atoms. The van der Waals surface area contributed by atoms with E-state index in [2.05, 4.69) is 0 Å². The molecule has 0 fully saturated rings. The van der Waals surface area contributed by atoms with Gasteiger partial charge in [-0.3, -0.25) is 4.79 Å². The van der Waals surface area contributed by atoms with Gasteiger partial charge in [0.2, 0.25) is 5.78 Å². The van der Waals surface area contributed by atoms with Crippen LogP contribution in [0.1, 0.15) is 21.6 Å². The standard InChI is InChI=1S/C17H13N3O2/c1-22-14-6-4-11(5-7-14)17(21)16-15(19)12(10-18)9-13-3-2-8-20(13)16/h2-9H,19H2,1H3. The first-order valence-electron chi connectivity index (χ1n) is 6.64. The van der Waals surface area contributed by atoms with E-state index in [-0.39, 0.29) is 11.5 Å². The summed E-state index contributed by atoms with van der Waals surface area (Å²) in [5.41, 5.74) is 8.04. The number of nitrogen functional groups attached to an aromatic ring is 1. The quantitative estimate of drug-likeness (QED) is 0.752. The van der Waals surface area contributed by atoms with E-state index in [0.29, 0.717) is 22.6 Å². The number of nitrogens with two attached hydrogens (primary N) is 1. The van der Waals surface area contributed by atoms with Crippen molar-refractivity contribution in [3.8, 4) is 11.8 Å². The molecule has 3 aromatic rings. The van der Waals surface area contributed by atoms with Crippen molar-refractivity contribution in [1.82, 2.24) is 4.40 Å². The summed E-state index contributed by atoms with van der Waals surface area (Å²) in [7, 11) is 1.56. The predicted molar refractivity (Wildman–Crippen MR) is 83.0 cm³/mol. The highest BCUT2D eigenvalue weighted by Gasteiger charge is 2.19. The highest BCUT2D eigenvalue weighted by atomic mass is 16.5. The largest absolute Gasteiger partial charge is 0.497 e. The lowest BCUT2D eigenvalue weighted by molar-refractivity contribution is 0.103. The zero-order chi connectivity index (χ0) is 15.7. The van der Waals surface area contributed by atoms with Gasteiger partial charge >= 0.3 is 0 Å². The van der Waals surface area contributed by atoms with E-state index in [9.17, 15) is 10.1 Å². The molecule has 0 saturated carbocycles. The molecule has 0 aliphatic heterocycles. The van der Waals surface area contributed by atoms with Crippen molar-refractivity contribution in [2.24, 2.45) is 0 Å². The van der Waals surface area contributed by atoms with Crippen LogP contribution >= 0.6 is 0 Å². The van der Waals surface area contributed by atoms with Crippen molar-refractivity contribution in [3.05, 3.63) is 65.5 Å². The molecule has 1 aromatic carbocycles. The van der Waals surface area contributed by atoms with Gasteiger partial charge in [-0.2, -0.15) is 5.26 Å². The lowest BCUT2D eigenvalue weighted by atomic mass is 10.0. The lowest BCUT2D eigenvalue weighted by Crippen LogP contribution is -2.12. The van der Waals surface area contributed by atoms with Gasteiger partial charge in [-0.15, -0.1) is 0 Å². The molecule has 0 aliphatic carbocycles. The maximum Gasteiger partial charge on any atom is 0.211 e. The number of benzene rings is 1. The fraction of sp³-hybridized carbons (Fsp3) is 0.0588. The summed E-state index contributed by atoms with van der Waals surface area (Å²) in [5, 5.41) is 9.19. The molecule has 5 heteroatoms. The van der Waals surface area contributed by atoms with Crippen molar-refractivity contribution >= 4 is 17.0 Å². The molecule has 0 spiro atoms. The third-order valence-electron chi connectivity index (χ3n) is 3.55. The number of methoxy groups -OCH3 is 1. The zero-order valence-corrected chi connectivity index (χ0v) is 11.9. The van der Waals surface area contributed by atoms with Crippen LogP contribution in [0.2, 0.25) is 0 Å². The Kier molecular flexibility index (Phi) is 3.28. The third kappa shape index (κ3) is 2.07. The van der Waals surface area contributed by atoms with Gasteiger partial charge in [0.15, 0.2) is 0 Å². The number of fused-ring (bicyclic) bond motifs is 1. The first kappa shape index (κ1) is 13.7. The number of hydrogen-bond donors (Lipinski definition) is 1. The second-order valence-corrected chi connectivity index (χ2v) is 4.79. The maximum atomic E-state index is 12.8. The lowest BCUT2D eigenvalue weighted by Gasteiger charge is -2.11. The van der Waals surface area contributed by atoms with Crippen molar-refractivity contribution in [3.63, 3.8) is 0 Å². The van der Waals surface area contributed by atoms with Crippen LogP contribution in [0.4, 0.5) is 5.69 Å². The summed E-state index contributed by atoms with van der Waals surface area (Å²) in [4.78, 5) is 12.8. The SMILES string of the molecule is COc1ccc(C(=O)c2c(N)c(C#N)cc3cccn23)cc1. The van der Waals surface area contributed by atoms with Gasteiger partial charge in [-0.25, -0.2) is 0 Å². The van der Waals surface area contributed by atoms with Gasteiger partial charge in [0.1, 0.15) is 17.5 Å². The smallest absolute Gasteiger partial charge is 0.211 e. The van der Waals surface area contributed by atoms with E-state index in [1.54, 1.807) is 54.1 Å². The number of aromatic nitrogens is 1. The zero-order valence-electron chi connectivity index (χ0n) is 11.9. The van der Waals surface area contributed by atoms with E-state index in [0.717, 1.165) is 5.52 Å².